The third-order valence-electron chi connectivity index (χ3n) is 6.31. The number of primary amides is 1. The Kier molecular flexibility index (Phi) is 8.93. The lowest BCUT2D eigenvalue weighted by Gasteiger charge is -2.37. The van der Waals surface area contributed by atoms with Crippen LogP contribution in [0.1, 0.15) is 47.0 Å². The minimum Gasteiger partial charge on any atom is -0.477 e. The van der Waals surface area contributed by atoms with Gasteiger partial charge in [-0.1, -0.05) is 14.4 Å². The van der Waals surface area contributed by atoms with Crippen LogP contribution in [0, 0.1) is 11.8 Å². The van der Waals surface area contributed by atoms with Crippen molar-refractivity contribution in [2.45, 2.75) is 70.3 Å². The second-order valence-electron chi connectivity index (χ2n) is 8.44. The number of β-lactam (4-membered cyclic amide) rings is 1. The van der Waals surface area contributed by atoms with Gasteiger partial charge in [-0.15, -0.1) is 11.8 Å². The number of thioether (sulfide) groups is 1. The molecule has 0 saturated carbocycles. The average Bonchev–Trinajstić information content (AvgIpc) is 3.36. The van der Waals surface area contributed by atoms with Crippen LogP contribution in [0.15, 0.2) is 10.6 Å². The molecule has 0 aromatic heterocycles. The molecule has 6 unspecified atom stereocenters. The Labute approximate surface area is 188 Å². The van der Waals surface area contributed by atoms with Crippen LogP contribution in [0.3, 0.4) is 0 Å². The van der Waals surface area contributed by atoms with Gasteiger partial charge in [-0.25, -0.2) is 4.79 Å². The molecule has 0 bridgehead atoms. The number of aliphatic carboxylic acids is 1. The monoisotopic (exact) mass is 456 g/mol. The van der Waals surface area contributed by atoms with E-state index in [9.17, 15) is 19.5 Å². The number of nitrogens with zero attached hydrogens (tertiary/aromatic N) is 1. The first kappa shape index (κ1) is 25.6. The van der Waals surface area contributed by atoms with Crippen molar-refractivity contribution < 1.29 is 24.6 Å². The Balaban J connectivity index is 0.000000808. The van der Waals surface area contributed by atoms with E-state index in [0.29, 0.717) is 23.6 Å². The van der Waals surface area contributed by atoms with Crippen LogP contribution < -0.4 is 16.4 Å². The molecule has 176 valence electrons. The molecule has 6 atom stereocenters. The van der Waals surface area contributed by atoms with Crippen molar-refractivity contribution >= 4 is 29.5 Å². The molecule has 31 heavy (non-hydrogen) atoms. The summed E-state index contributed by atoms with van der Waals surface area (Å²) in [5.41, 5.74) is 5.56. The number of nitrogens with one attached hydrogen (secondary N) is 2. The highest BCUT2D eigenvalue weighted by Gasteiger charge is 2.52. The first-order valence-corrected chi connectivity index (χ1v) is 11.5. The summed E-state index contributed by atoms with van der Waals surface area (Å²) in [5, 5.41) is 24.2. The number of amides is 2. The van der Waals surface area contributed by atoms with Crippen molar-refractivity contribution in [2.75, 3.05) is 19.7 Å². The molecule has 0 aliphatic carbocycles. The van der Waals surface area contributed by atoms with E-state index in [-0.39, 0.29) is 49.5 Å². The maximum absolute atomic E-state index is 11.8. The third kappa shape index (κ3) is 5.42. The summed E-state index contributed by atoms with van der Waals surface area (Å²) in [5.74, 6) is -0.847. The van der Waals surface area contributed by atoms with Gasteiger partial charge < -0.3 is 31.5 Å². The zero-order valence-corrected chi connectivity index (χ0v) is 18.3. The Bertz CT molecular complexity index is 731. The Hall–Kier alpha value is -1.62. The Morgan fingerprint density at radius 2 is 1.94 bits per heavy atom. The number of hydrogen-bond acceptors (Lipinski definition) is 7. The highest BCUT2D eigenvalue weighted by atomic mass is 32.2. The second-order valence-corrected chi connectivity index (χ2v) is 9.78. The summed E-state index contributed by atoms with van der Waals surface area (Å²) in [7, 11) is 0. The van der Waals surface area contributed by atoms with Gasteiger partial charge in [0.25, 0.3) is 0 Å². The first-order valence-electron chi connectivity index (χ1n) is 10.6. The predicted molar refractivity (Wildman–Crippen MR) is 120 cm³/mol. The molecule has 3 fully saturated rings. The summed E-state index contributed by atoms with van der Waals surface area (Å²) < 4.78 is 0. The van der Waals surface area contributed by atoms with Crippen molar-refractivity contribution in [3.63, 3.8) is 0 Å². The van der Waals surface area contributed by atoms with E-state index in [1.54, 1.807) is 18.7 Å². The minimum absolute atomic E-state index is 0. The van der Waals surface area contributed by atoms with Crippen molar-refractivity contribution in [3.05, 3.63) is 10.6 Å². The molecule has 0 radical (unpaired) electrons. The molecule has 4 aliphatic heterocycles. The van der Waals surface area contributed by atoms with Gasteiger partial charge in [0.15, 0.2) is 0 Å². The molecule has 0 aromatic carbocycles. The van der Waals surface area contributed by atoms with Crippen LogP contribution in [0.4, 0.5) is 0 Å². The lowest BCUT2D eigenvalue weighted by molar-refractivity contribution is -0.148. The Morgan fingerprint density at radius 3 is 2.48 bits per heavy atom. The van der Waals surface area contributed by atoms with Gasteiger partial charge in [-0.2, -0.15) is 0 Å². The molecule has 0 spiro atoms. The van der Waals surface area contributed by atoms with Crippen LogP contribution >= 0.6 is 11.8 Å². The smallest absolute Gasteiger partial charge is 0.353 e. The molecule has 4 heterocycles. The van der Waals surface area contributed by atoms with E-state index >= 15 is 0 Å². The normalized spacial score (nSPS) is 33.9. The molecular formula is C21H36N4O5S. The summed E-state index contributed by atoms with van der Waals surface area (Å²) >= 11 is 1.63. The third-order valence-corrected chi connectivity index (χ3v) is 7.82. The van der Waals surface area contributed by atoms with E-state index in [4.69, 9.17) is 10.8 Å². The van der Waals surface area contributed by atoms with Gasteiger partial charge >= 0.3 is 5.97 Å². The lowest BCUT2D eigenvalue weighted by atomic mass is 9.94. The minimum atomic E-state index is -1.00. The van der Waals surface area contributed by atoms with Gasteiger partial charge in [-0.05, 0) is 38.6 Å². The van der Waals surface area contributed by atoms with Gasteiger partial charge in [-0.3, -0.25) is 9.59 Å². The van der Waals surface area contributed by atoms with Crippen LogP contribution in [-0.2, 0) is 14.4 Å². The van der Waals surface area contributed by atoms with E-state index in [0.717, 1.165) is 37.3 Å². The van der Waals surface area contributed by atoms with Crippen molar-refractivity contribution in [3.8, 4) is 0 Å². The zero-order valence-electron chi connectivity index (χ0n) is 17.5. The largest absolute Gasteiger partial charge is 0.477 e. The standard InChI is InChI=1S/C18H26N4O4S.C2H6O.CH4/c1-8-13-5-14(23)22(13)15(18(25)26)16(8)27-11-4-10(20-7-11)2-9-3-12(17(19)24)21-6-9;1-2-3;/h8-13,20-21H,2-7H2,1H3,(H2,19,24)(H,25,26);3H,2H2,1H3;1H4. The number of nitrogens with two attached hydrogens (primary N) is 1. The summed E-state index contributed by atoms with van der Waals surface area (Å²) in [6.45, 7) is 5.60. The molecule has 6 N–H and O–H groups in total. The van der Waals surface area contributed by atoms with Crippen LogP contribution in [0.2, 0.25) is 0 Å². The molecule has 4 aliphatic rings. The number of carboxylic acid groups (broad SMARTS) is 1. The fourth-order valence-electron chi connectivity index (χ4n) is 4.85. The van der Waals surface area contributed by atoms with Crippen LogP contribution in [0.25, 0.3) is 0 Å². The number of carboxylic acids is 1. The first-order chi connectivity index (χ1) is 14.3. The summed E-state index contributed by atoms with van der Waals surface area (Å²) in [6.07, 6.45) is 3.18. The molecule has 3 saturated heterocycles. The van der Waals surface area contributed by atoms with Crippen molar-refractivity contribution in [2.24, 2.45) is 17.6 Å². The lowest BCUT2D eigenvalue weighted by Crippen LogP contribution is -2.51. The van der Waals surface area contributed by atoms with Crippen LogP contribution in [-0.4, -0.2) is 76.0 Å². The van der Waals surface area contributed by atoms with E-state index < -0.39 is 5.97 Å². The van der Waals surface area contributed by atoms with E-state index in [1.807, 2.05) is 6.92 Å². The van der Waals surface area contributed by atoms with Crippen molar-refractivity contribution in [1.82, 2.24) is 15.5 Å². The predicted octanol–water partition coefficient (Wildman–Crippen LogP) is 0.485. The highest BCUT2D eigenvalue weighted by Crippen LogP contribution is 2.48. The number of rotatable bonds is 6. The summed E-state index contributed by atoms with van der Waals surface area (Å²) in [6, 6.07) is 0.169. The number of aliphatic hydroxyl groups excluding tert-OH is 1. The van der Waals surface area contributed by atoms with E-state index in [2.05, 4.69) is 10.6 Å². The second kappa shape index (κ2) is 10.8. The van der Waals surface area contributed by atoms with Crippen LogP contribution in [0.5, 0.6) is 0 Å². The maximum Gasteiger partial charge on any atom is 0.353 e. The Morgan fingerprint density at radius 1 is 1.26 bits per heavy atom. The van der Waals surface area contributed by atoms with Crippen molar-refractivity contribution in [1.29, 1.82) is 0 Å². The molecule has 0 aromatic rings. The number of carbonyl (C=O) groups is 3. The fraction of sp³-hybridized carbons (Fsp3) is 0.762. The number of hydrogen-bond donors (Lipinski definition) is 5. The quantitative estimate of drug-likeness (QED) is 0.363. The van der Waals surface area contributed by atoms with Gasteiger partial charge in [0.1, 0.15) is 5.70 Å². The molecule has 9 nitrogen and oxygen atoms in total. The number of carbonyl (C=O) groups excluding carboxylic acids is 2. The molecule has 10 heteroatoms. The molecule has 4 rings (SSSR count). The highest BCUT2D eigenvalue weighted by molar-refractivity contribution is 8.03. The fourth-order valence-corrected chi connectivity index (χ4v) is 6.39. The maximum atomic E-state index is 11.8. The average molecular weight is 457 g/mol. The van der Waals surface area contributed by atoms with Gasteiger partial charge in [0.05, 0.1) is 12.1 Å². The zero-order chi connectivity index (χ0) is 22.0. The number of aliphatic hydroxyl groups is 1. The van der Waals surface area contributed by atoms with E-state index in [1.165, 1.54) is 4.90 Å². The SMILES string of the molecule is C.CC1C(SC2CNC(CC3CNC(C(N)=O)C3)C2)=C(C(=O)O)N2C(=O)CC12.CCO. The topological polar surface area (TPSA) is 145 Å². The van der Waals surface area contributed by atoms with Gasteiger partial charge in [0.2, 0.25) is 11.8 Å². The summed E-state index contributed by atoms with van der Waals surface area (Å²) in [4.78, 5) is 37.2. The number of fused-ring (bicyclic) bond motifs is 1. The molecular weight excluding hydrogens is 420 g/mol. The van der Waals surface area contributed by atoms with Gasteiger partial charge in [0, 0.05) is 41.7 Å². The molecule has 2 amide bonds.